The summed E-state index contributed by atoms with van der Waals surface area (Å²) < 4.78 is 5.12. The van der Waals surface area contributed by atoms with Crippen LogP contribution in [-0.2, 0) is 9.53 Å². The SMILES string of the molecule is C=C(C)C(=O)OC(C)c1ccsc1. The molecule has 13 heavy (non-hydrogen) atoms. The van der Waals surface area contributed by atoms with E-state index in [2.05, 4.69) is 6.58 Å². The lowest BCUT2D eigenvalue weighted by Crippen LogP contribution is -2.08. The van der Waals surface area contributed by atoms with Gasteiger partial charge in [-0.2, -0.15) is 11.3 Å². The molecule has 0 saturated heterocycles. The minimum Gasteiger partial charge on any atom is -0.454 e. The Morgan fingerprint density at radius 2 is 2.38 bits per heavy atom. The third kappa shape index (κ3) is 2.70. The van der Waals surface area contributed by atoms with Crippen LogP contribution in [0.4, 0.5) is 0 Å². The van der Waals surface area contributed by atoms with Crippen molar-refractivity contribution in [1.82, 2.24) is 0 Å². The summed E-state index contributed by atoms with van der Waals surface area (Å²) >= 11 is 1.59. The second-order valence-corrected chi connectivity index (χ2v) is 3.66. The lowest BCUT2D eigenvalue weighted by Gasteiger charge is -2.11. The Labute approximate surface area is 81.8 Å². The van der Waals surface area contributed by atoms with Crippen LogP contribution >= 0.6 is 11.3 Å². The number of thiophene rings is 1. The molecule has 1 aromatic heterocycles. The van der Waals surface area contributed by atoms with Gasteiger partial charge in [0.1, 0.15) is 6.10 Å². The van der Waals surface area contributed by atoms with Gasteiger partial charge in [0.05, 0.1) is 0 Å². The molecule has 1 aromatic rings. The fourth-order valence-electron chi connectivity index (χ4n) is 0.836. The maximum absolute atomic E-state index is 11.1. The molecule has 0 aliphatic heterocycles. The van der Waals surface area contributed by atoms with Gasteiger partial charge >= 0.3 is 5.97 Å². The molecular weight excluding hydrogens is 184 g/mol. The second kappa shape index (κ2) is 4.23. The maximum atomic E-state index is 11.1. The summed E-state index contributed by atoms with van der Waals surface area (Å²) in [6.45, 7) is 7.01. The third-order valence-corrected chi connectivity index (χ3v) is 2.35. The van der Waals surface area contributed by atoms with E-state index < -0.39 is 0 Å². The van der Waals surface area contributed by atoms with Gasteiger partial charge in [0.25, 0.3) is 0 Å². The third-order valence-electron chi connectivity index (χ3n) is 1.64. The van der Waals surface area contributed by atoms with Gasteiger partial charge in [0.15, 0.2) is 0 Å². The Morgan fingerprint density at radius 3 is 2.85 bits per heavy atom. The topological polar surface area (TPSA) is 26.3 Å². The summed E-state index contributed by atoms with van der Waals surface area (Å²) in [6, 6.07) is 1.95. The van der Waals surface area contributed by atoms with Gasteiger partial charge in [0, 0.05) is 11.1 Å². The first-order valence-corrected chi connectivity index (χ1v) is 4.94. The fourth-order valence-corrected chi connectivity index (χ4v) is 1.58. The number of hydrogen-bond acceptors (Lipinski definition) is 3. The van der Waals surface area contributed by atoms with Gasteiger partial charge in [-0.3, -0.25) is 0 Å². The van der Waals surface area contributed by atoms with E-state index in [9.17, 15) is 4.79 Å². The van der Waals surface area contributed by atoms with Gasteiger partial charge in [-0.25, -0.2) is 4.79 Å². The molecule has 1 heterocycles. The van der Waals surface area contributed by atoms with Crippen molar-refractivity contribution in [3.63, 3.8) is 0 Å². The van der Waals surface area contributed by atoms with Crippen molar-refractivity contribution in [2.75, 3.05) is 0 Å². The predicted octanol–water partition coefficient (Wildman–Crippen LogP) is 2.93. The van der Waals surface area contributed by atoms with E-state index in [-0.39, 0.29) is 12.1 Å². The molecule has 1 rings (SSSR count). The number of esters is 1. The monoisotopic (exact) mass is 196 g/mol. The number of ether oxygens (including phenoxy) is 1. The first-order valence-electron chi connectivity index (χ1n) is 4.00. The largest absolute Gasteiger partial charge is 0.454 e. The minimum atomic E-state index is -0.335. The van der Waals surface area contributed by atoms with Crippen LogP contribution in [0.5, 0.6) is 0 Å². The lowest BCUT2D eigenvalue weighted by atomic mass is 10.2. The molecular formula is C10H12O2S. The quantitative estimate of drug-likeness (QED) is 0.549. The summed E-state index contributed by atoms with van der Waals surface area (Å²) in [6.07, 6.45) is -0.185. The van der Waals surface area contributed by atoms with Crippen molar-refractivity contribution < 1.29 is 9.53 Å². The summed E-state index contributed by atoms with van der Waals surface area (Å²) in [4.78, 5) is 11.1. The molecule has 2 nitrogen and oxygen atoms in total. The lowest BCUT2D eigenvalue weighted by molar-refractivity contribution is -0.143. The molecule has 0 aromatic carbocycles. The number of carbonyl (C=O) groups excluding carboxylic acids is 1. The molecule has 0 aliphatic carbocycles. The van der Waals surface area contributed by atoms with Crippen molar-refractivity contribution in [2.24, 2.45) is 0 Å². The van der Waals surface area contributed by atoms with E-state index in [1.54, 1.807) is 18.3 Å². The first-order chi connectivity index (χ1) is 6.11. The summed E-state index contributed by atoms with van der Waals surface area (Å²) in [5.74, 6) is -0.335. The van der Waals surface area contributed by atoms with E-state index in [4.69, 9.17) is 4.74 Å². The van der Waals surface area contributed by atoms with Crippen molar-refractivity contribution in [3.8, 4) is 0 Å². The Hall–Kier alpha value is -1.09. The fraction of sp³-hybridized carbons (Fsp3) is 0.300. The van der Waals surface area contributed by atoms with E-state index in [0.717, 1.165) is 5.56 Å². The molecule has 1 atom stereocenters. The van der Waals surface area contributed by atoms with Gasteiger partial charge in [-0.15, -0.1) is 0 Å². The predicted molar refractivity (Wildman–Crippen MR) is 53.6 cm³/mol. The zero-order valence-electron chi connectivity index (χ0n) is 7.74. The summed E-state index contributed by atoms with van der Waals surface area (Å²) in [5.41, 5.74) is 1.46. The molecule has 3 heteroatoms. The Kier molecular flexibility index (Phi) is 3.25. The van der Waals surface area contributed by atoms with E-state index in [0.29, 0.717) is 5.57 Å². The molecule has 0 aliphatic rings. The van der Waals surface area contributed by atoms with Crippen molar-refractivity contribution in [1.29, 1.82) is 0 Å². The summed E-state index contributed by atoms with van der Waals surface area (Å²) in [5, 5.41) is 3.93. The molecule has 0 spiro atoms. The van der Waals surface area contributed by atoms with Gasteiger partial charge < -0.3 is 4.74 Å². The van der Waals surface area contributed by atoms with Crippen LogP contribution in [0, 0.1) is 0 Å². The van der Waals surface area contributed by atoms with Crippen molar-refractivity contribution in [2.45, 2.75) is 20.0 Å². The molecule has 0 N–H and O–H groups in total. The zero-order chi connectivity index (χ0) is 9.84. The Bertz CT molecular complexity index is 301. The van der Waals surface area contributed by atoms with Gasteiger partial charge in [-0.05, 0) is 30.7 Å². The van der Waals surface area contributed by atoms with Crippen LogP contribution in [-0.4, -0.2) is 5.97 Å². The normalized spacial score (nSPS) is 12.2. The molecule has 0 amide bonds. The highest BCUT2D eigenvalue weighted by molar-refractivity contribution is 7.07. The van der Waals surface area contributed by atoms with Crippen LogP contribution in [0.15, 0.2) is 29.0 Å². The molecule has 0 bridgehead atoms. The average Bonchev–Trinajstić information content (AvgIpc) is 2.55. The standard InChI is InChI=1S/C10H12O2S/c1-7(2)10(11)12-8(3)9-4-5-13-6-9/h4-6,8H,1H2,2-3H3. The average molecular weight is 196 g/mol. The van der Waals surface area contributed by atoms with Crippen LogP contribution in [0.1, 0.15) is 25.5 Å². The van der Waals surface area contributed by atoms with Gasteiger partial charge in [0.2, 0.25) is 0 Å². The van der Waals surface area contributed by atoms with Crippen LogP contribution in [0.2, 0.25) is 0 Å². The number of hydrogen-bond donors (Lipinski definition) is 0. The molecule has 1 unspecified atom stereocenters. The molecule has 70 valence electrons. The summed E-state index contributed by atoms with van der Waals surface area (Å²) in [7, 11) is 0. The van der Waals surface area contributed by atoms with E-state index >= 15 is 0 Å². The molecule has 0 fully saturated rings. The molecule has 0 radical (unpaired) electrons. The van der Waals surface area contributed by atoms with Crippen LogP contribution in [0.3, 0.4) is 0 Å². The highest BCUT2D eigenvalue weighted by atomic mass is 32.1. The van der Waals surface area contributed by atoms with Crippen LogP contribution in [0.25, 0.3) is 0 Å². The first kappa shape index (κ1) is 9.99. The zero-order valence-corrected chi connectivity index (χ0v) is 8.56. The van der Waals surface area contributed by atoms with Crippen LogP contribution < -0.4 is 0 Å². The number of rotatable bonds is 3. The Balaban J connectivity index is 2.56. The highest BCUT2D eigenvalue weighted by Crippen LogP contribution is 2.20. The van der Waals surface area contributed by atoms with E-state index in [1.165, 1.54) is 0 Å². The number of carbonyl (C=O) groups is 1. The van der Waals surface area contributed by atoms with Gasteiger partial charge in [-0.1, -0.05) is 6.58 Å². The smallest absolute Gasteiger partial charge is 0.333 e. The van der Waals surface area contributed by atoms with Crippen molar-refractivity contribution in [3.05, 3.63) is 34.5 Å². The molecule has 0 saturated carbocycles. The maximum Gasteiger partial charge on any atom is 0.333 e. The highest BCUT2D eigenvalue weighted by Gasteiger charge is 2.11. The second-order valence-electron chi connectivity index (χ2n) is 2.88. The minimum absolute atomic E-state index is 0.185. The van der Waals surface area contributed by atoms with E-state index in [1.807, 2.05) is 23.8 Å². The van der Waals surface area contributed by atoms with Crippen molar-refractivity contribution >= 4 is 17.3 Å². The Morgan fingerprint density at radius 1 is 1.69 bits per heavy atom.